The van der Waals surface area contributed by atoms with Gasteiger partial charge in [-0.25, -0.2) is 18.5 Å². The minimum Gasteiger partial charge on any atom is -0.339 e. The molecule has 236 valence electrons. The summed E-state index contributed by atoms with van der Waals surface area (Å²) in [5.74, 6) is 1.08. The van der Waals surface area contributed by atoms with Crippen LogP contribution in [0.3, 0.4) is 0 Å². The number of carbonyl (C=O) groups excluding carboxylic acids is 1. The van der Waals surface area contributed by atoms with Gasteiger partial charge >= 0.3 is 0 Å². The minimum absolute atomic E-state index is 0.0119. The van der Waals surface area contributed by atoms with Crippen LogP contribution in [0.15, 0.2) is 77.7 Å². The van der Waals surface area contributed by atoms with Crippen molar-refractivity contribution in [2.24, 2.45) is 5.14 Å². The highest BCUT2D eigenvalue weighted by molar-refractivity contribution is 7.89. The lowest BCUT2D eigenvalue weighted by Crippen LogP contribution is -2.49. The van der Waals surface area contributed by atoms with Crippen LogP contribution in [-0.4, -0.2) is 65.4 Å². The van der Waals surface area contributed by atoms with Gasteiger partial charge in [0, 0.05) is 36.8 Å². The molecule has 4 aromatic rings. The fraction of sp³-hybridized carbons (Fsp3) is 0.444. The van der Waals surface area contributed by atoms with Gasteiger partial charge in [0.2, 0.25) is 10.0 Å². The van der Waals surface area contributed by atoms with Crippen molar-refractivity contribution in [3.63, 3.8) is 0 Å². The zero-order valence-corrected chi connectivity index (χ0v) is 27.0. The van der Waals surface area contributed by atoms with Gasteiger partial charge in [0.1, 0.15) is 5.82 Å². The average molecular weight is 626 g/mol. The number of sulfonamides is 1. The molecule has 3 aliphatic rings. The van der Waals surface area contributed by atoms with E-state index in [0.717, 1.165) is 37.1 Å². The number of aromatic nitrogens is 2. The number of aryl methyl sites for hydroxylation is 2. The van der Waals surface area contributed by atoms with E-state index in [1.54, 1.807) is 13.0 Å². The molecule has 2 N–H and O–H groups in total. The molecule has 0 spiro atoms. The minimum atomic E-state index is -3.82. The van der Waals surface area contributed by atoms with Gasteiger partial charge in [-0.1, -0.05) is 42.5 Å². The highest BCUT2D eigenvalue weighted by atomic mass is 32.2. The van der Waals surface area contributed by atoms with Crippen LogP contribution in [0.25, 0.3) is 11.0 Å². The highest BCUT2D eigenvalue weighted by Gasteiger charge is 2.44. The van der Waals surface area contributed by atoms with Gasteiger partial charge in [-0.3, -0.25) is 9.69 Å². The molecule has 3 fully saturated rings. The Hall–Kier alpha value is -3.53. The Morgan fingerprint density at radius 3 is 2.24 bits per heavy atom. The number of hydrogen-bond donors (Lipinski definition) is 1. The molecule has 4 heterocycles. The first-order chi connectivity index (χ1) is 21.6. The summed E-state index contributed by atoms with van der Waals surface area (Å²) in [5.41, 5.74) is 4.90. The van der Waals surface area contributed by atoms with E-state index in [-0.39, 0.29) is 16.2 Å². The number of nitrogens with zero attached hydrogens (tertiary/aromatic N) is 4. The van der Waals surface area contributed by atoms with Gasteiger partial charge in [-0.15, -0.1) is 0 Å². The first kappa shape index (κ1) is 30.1. The third kappa shape index (κ3) is 5.59. The molecule has 3 aromatic carbocycles. The summed E-state index contributed by atoms with van der Waals surface area (Å²) < 4.78 is 26.1. The standard InChI is InChI=1S/C36H43N5O3S/c1-25-22-31(45(37,43)44)14-15-32(25)35(42)39-19-16-36(17-20-39,27-8-4-3-5-9-27)18-21-40-28-12-13-29(40)24-30(23-28)41-26(2)38-33-10-6-7-11-34(33)41/h3-11,14-15,22,28-30H,12-13,16-21,23-24H2,1-2H3,(H2,37,43,44)/t28-,29+,30+. The molecule has 1 amide bonds. The SMILES string of the molecule is Cc1cc(S(N)(=O)=O)ccc1C(=O)N1CCC(CCN2[C@@H]3CC[C@H]2C[C@@H](n2c(C)nc4ccccc42)C3)(c2ccccc2)CC1. The maximum atomic E-state index is 13.6. The number of hydrogen-bond acceptors (Lipinski definition) is 5. The predicted octanol–water partition coefficient (Wildman–Crippen LogP) is 5.73. The summed E-state index contributed by atoms with van der Waals surface area (Å²) >= 11 is 0. The monoisotopic (exact) mass is 625 g/mol. The molecule has 0 saturated carbocycles. The van der Waals surface area contributed by atoms with Crippen molar-refractivity contribution in [2.75, 3.05) is 19.6 Å². The van der Waals surface area contributed by atoms with Gasteiger partial charge < -0.3 is 9.47 Å². The fourth-order valence-electron chi connectivity index (χ4n) is 8.63. The fourth-order valence-corrected chi connectivity index (χ4v) is 9.23. The van der Waals surface area contributed by atoms with E-state index in [9.17, 15) is 13.2 Å². The van der Waals surface area contributed by atoms with E-state index < -0.39 is 10.0 Å². The molecule has 1 aromatic heterocycles. The molecule has 8 nitrogen and oxygen atoms in total. The number of fused-ring (bicyclic) bond motifs is 3. The predicted molar refractivity (Wildman–Crippen MR) is 177 cm³/mol. The van der Waals surface area contributed by atoms with Crippen LogP contribution in [0.5, 0.6) is 0 Å². The lowest BCUT2D eigenvalue weighted by atomic mass is 9.70. The number of carbonyl (C=O) groups is 1. The first-order valence-electron chi connectivity index (χ1n) is 16.3. The number of piperidine rings is 2. The van der Waals surface area contributed by atoms with Gasteiger partial charge in [0.05, 0.1) is 15.9 Å². The smallest absolute Gasteiger partial charge is 0.254 e. The second-order valence-corrected chi connectivity index (χ2v) is 15.0. The third-order valence-electron chi connectivity index (χ3n) is 11.0. The van der Waals surface area contributed by atoms with Crippen molar-refractivity contribution < 1.29 is 13.2 Å². The second-order valence-electron chi connectivity index (χ2n) is 13.5. The molecule has 3 atom stereocenters. The molecule has 0 unspecified atom stereocenters. The summed E-state index contributed by atoms with van der Waals surface area (Å²) in [6, 6.07) is 25.6. The molecule has 2 bridgehead atoms. The lowest BCUT2D eigenvalue weighted by Gasteiger charge is -2.45. The summed E-state index contributed by atoms with van der Waals surface area (Å²) in [5, 5.41) is 5.31. The van der Waals surface area contributed by atoms with Gasteiger partial charge in [0.25, 0.3) is 5.91 Å². The number of nitrogens with two attached hydrogens (primary N) is 1. The molecule has 3 aliphatic heterocycles. The normalized spacial score (nSPS) is 23.4. The topological polar surface area (TPSA) is 102 Å². The molecule has 9 heteroatoms. The highest BCUT2D eigenvalue weighted by Crippen LogP contribution is 2.45. The molecule has 0 aliphatic carbocycles. The van der Waals surface area contributed by atoms with Crippen LogP contribution in [-0.2, 0) is 15.4 Å². The Kier molecular flexibility index (Phi) is 7.82. The van der Waals surface area contributed by atoms with E-state index in [0.29, 0.717) is 42.3 Å². The summed E-state index contributed by atoms with van der Waals surface area (Å²) in [6.07, 6.45) is 7.75. The summed E-state index contributed by atoms with van der Waals surface area (Å²) in [7, 11) is -3.82. The van der Waals surface area contributed by atoms with Crippen molar-refractivity contribution in [3.05, 3.63) is 95.3 Å². The van der Waals surface area contributed by atoms with Crippen LogP contribution in [0.1, 0.15) is 78.3 Å². The van der Waals surface area contributed by atoms with E-state index in [2.05, 4.69) is 71.0 Å². The van der Waals surface area contributed by atoms with Crippen LogP contribution < -0.4 is 5.14 Å². The van der Waals surface area contributed by atoms with Crippen LogP contribution in [0.4, 0.5) is 0 Å². The average Bonchev–Trinajstić information content (AvgIpc) is 3.50. The Balaban J connectivity index is 1.06. The van der Waals surface area contributed by atoms with Crippen molar-refractivity contribution in [1.29, 1.82) is 0 Å². The van der Waals surface area contributed by atoms with E-state index in [4.69, 9.17) is 10.1 Å². The zero-order chi connectivity index (χ0) is 31.3. The number of rotatable bonds is 7. The summed E-state index contributed by atoms with van der Waals surface area (Å²) in [6.45, 7) is 6.34. The van der Waals surface area contributed by atoms with Crippen molar-refractivity contribution in [2.45, 2.75) is 87.2 Å². The van der Waals surface area contributed by atoms with Gasteiger partial charge in [-0.05, 0) is 112 Å². The Morgan fingerprint density at radius 1 is 0.911 bits per heavy atom. The van der Waals surface area contributed by atoms with Crippen LogP contribution in [0, 0.1) is 13.8 Å². The van der Waals surface area contributed by atoms with Crippen molar-refractivity contribution in [3.8, 4) is 0 Å². The molecule has 3 saturated heterocycles. The second kappa shape index (κ2) is 11.7. The van der Waals surface area contributed by atoms with E-state index >= 15 is 0 Å². The molecule has 7 rings (SSSR count). The molecular weight excluding hydrogens is 582 g/mol. The Bertz CT molecular complexity index is 1810. The first-order valence-corrected chi connectivity index (χ1v) is 17.9. The number of benzene rings is 3. The number of para-hydroxylation sites is 2. The van der Waals surface area contributed by atoms with Crippen molar-refractivity contribution in [1.82, 2.24) is 19.4 Å². The molecular formula is C36H43N5O3S. The third-order valence-corrected chi connectivity index (χ3v) is 11.9. The zero-order valence-electron chi connectivity index (χ0n) is 26.2. The number of likely N-dealkylation sites (tertiary alicyclic amines) is 1. The van der Waals surface area contributed by atoms with Gasteiger partial charge in [0.15, 0.2) is 0 Å². The van der Waals surface area contributed by atoms with Crippen LogP contribution >= 0.6 is 0 Å². The number of primary sulfonamides is 1. The number of imidazole rings is 1. The Morgan fingerprint density at radius 2 is 1.58 bits per heavy atom. The van der Waals surface area contributed by atoms with E-state index in [1.165, 1.54) is 48.9 Å². The quantitative estimate of drug-likeness (QED) is 0.283. The Labute approximate surface area is 266 Å². The van der Waals surface area contributed by atoms with Crippen LogP contribution in [0.2, 0.25) is 0 Å². The van der Waals surface area contributed by atoms with E-state index in [1.807, 2.05) is 4.90 Å². The lowest BCUT2D eigenvalue weighted by molar-refractivity contribution is 0.0606. The summed E-state index contributed by atoms with van der Waals surface area (Å²) in [4.78, 5) is 23.2. The van der Waals surface area contributed by atoms with Crippen molar-refractivity contribution >= 4 is 27.0 Å². The largest absolute Gasteiger partial charge is 0.339 e. The maximum Gasteiger partial charge on any atom is 0.254 e. The van der Waals surface area contributed by atoms with Gasteiger partial charge in [-0.2, -0.15) is 0 Å². The number of amides is 1. The molecule has 45 heavy (non-hydrogen) atoms. The maximum absolute atomic E-state index is 13.6. The molecule has 0 radical (unpaired) electrons.